The quantitative estimate of drug-likeness (QED) is 0.684. The molecule has 0 aromatic carbocycles. The number of nitrogens with one attached hydrogen (secondary N) is 1. The van der Waals surface area contributed by atoms with Gasteiger partial charge in [0.2, 0.25) is 0 Å². The summed E-state index contributed by atoms with van der Waals surface area (Å²) in [7, 11) is 0. The molecule has 0 amide bonds. The molecule has 0 bridgehead atoms. The van der Waals surface area contributed by atoms with E-state index in [-0.39, 0.29) is 24.7 Å². The largest absolute Gasteiger partial charge is 0.394 e. The van der Waals surface area contributed by atoms with Gasteiger partial charge in [0.05, 0.1) is 24.4 Å². The van der Waals surface area contributed by atoms with E-state index < -0.39 is 11.4 Å². The average molecular weight is 229 g/mol. The van der Waals surface area contributed by atoms with Crippen molar-refractivity contribution in [3.05, 3.63) is 17.8 Å². The maximum Gasteiger partial charge on any atom is 0.186 e. The van der Waals surface area contributed by atoms with E-state index in [1.807, 2.05) is 0 Å². The Morgan fingerprint density at radius 1 is 1.38 bits per heavy atom. The third-order valence-electron chi connectivity index (χ3n) is 2.63. The zero-order valence-electron chi connectivity index (χ0n) is 9.37. The Kier molecular flexibility index (Phi) is 4.14. The Labute approximate surface area is 93.4 Å². The van der Waals surface area contributed by atoms with Crippen LogP contribution in [0.1, 0.15) is 19.0 Å². The maximum atomic E-state index is 13.6. The van der Waals surface area contributed by atoms with Gasteiger partial charge in [0.15, 0.2) is 11.6 Å². The van der Waals surface area contributed by atoms with Crippen LogP contribution in [0.3, 0.4) is 0 Å². The molecule has 0 atom stereocenters. The normalized spacial score (nSPS) is 11.6. The fraction of sp³-hybridized carbons (Fsp3) is 0.600. The number of anilines is 1. The van der Waals surface area contributed by atoms with E-state index in [2.05, 4.69) is 15.3 Å². The zero-order chi connectivity index (χ0) is 12.2. The van der Waals surface area contributed by atoms with Crippen molar-refractivity contribution < 1.29 is 14.6 Å². The third-order valence-corrected chi connectivity index (χ3v) is 2.63. The Morgan fingerprint density at radius 3 is 2.50 bits per heavy atom. The first kappa shape index (κ1) is 12.8. The van der Waals surface area contributed by atoms with Crippen molar-refractivity contribution in [2.75, 3.05) is 18.5 Å². The van der Waals surface area contributed by atoms with Crippen LogP contribution in [0.15, 0.2) is 6.33 Å². The maximum absolute atomic E-state index is 13.6. The van der Waals surface area contributed by atoms with Crippen LogP contribution in [0.25, 0.3) is 0 Å². The first-order valence-corrected chi connectivity index (χ1v) is 5.05. The van der Waals surface area contributed by atoms with Crippen LogP contribution in [0, 0.1) is 12.7 Å². The Morgan fingerprint density at radius 2 is 2.00 bits per heavy atom. The average Bonchev–Trinajstić information content (AvgIpc) is 2.32. The van der Waals surface area contributed by atoms with Crippen LogP contribution in [-0.4, -0.2) is 38.9 Å². The molecule has 0 spiro atoms. The molecule has 0 aliphatic carbocycles. The van der Waals surface area contributed by atoms with Gasteiger partial charge >= 0.3 is 0 Å². The molecule has 0 radical (unpaired) electrons. The summed E-state index contributed by atoms with van der Waals surface area (Å²) in [6.45, 7) is 2.70. The molecule has 0 saturated heterocycles. The van der Waals surface area contributed by atoms with Crippen LogP contribution in [0.2, 0.25) is 0 Å². The molecule has 0 fully saturated rings. The van der Waals surface area contributed by atoms with Crippen molar-refractivity contribution >= 4 is 5.82 Å². The summed E-state index contributed by atoms with van der Waals surface area (Å²) in [4.78, 5) is 7.44. The summed E-state index contributed by atoms with van der Waals surface area (Å²) >= 11 is 0. The Bertz CT molecular complexity index is 348. The van der Waals surface area contributed by atoms with Gasteiger partial charge in [0.1, 0.15) is 6.33 Å². The van der Waals surface area contributed by atoms with Gasteiger partial charge in [-0.05, 0) is 13.3 Å². The van der Waals surface area contributed by atoms with Crippen molar-refractivity contribution in [1.29, 1.82) is 0 Å². The fourth-order valence-electron chi connectivity index (χ4n) is 1.24. The summed E-state index contributed by atoms with van der Waals surface area (Å²) in [5.74, 6) is -0.570. The summed E-state index contributed by atoms with van der Waals surface area (Å²) < 4.78 is 13.6. The number of nitrogens with zero attached hydrogens (tertiary/aromatic N) is 2. The number of halogens is 1. The van der Waals surface area contributed by atoms with Crippen LogP contribution >= 0.6 is 0 Å². The van der Waals surface area contributed by atoms with Crippen molar-refractivity contribution in [1.82, 2.24) is 9.97 Å². The number of aliphatic hydroxyl groups excluding tert-OH is 2. The first-order chi connectivity index (χ1) is 7.58. The summed E-state index contributed by atoms with van der Waals surface area (Å²) in [6, 6.07) is 0. The summed E-state index contributed by atoms with van der Waals surface area (Å²) in [5.41, 5.74) is -0.736. The number of hydrogen-bond acceptors (Lipinski definition) is 5. The van der Waals surface area contributed by atoms with Gasteiger partial charge in [0, 0.05) is 0 Å². The Hall–Kier alpha value is -1.27. The van der Waals surface area contributed by atoms with Crippen molar-refractivity contribution in [2.45, 2.75) is 25.8 Å². The lowest BCUT2D eigenvalue weighted by atomic mass is 9.98. The number of aromatic nitrogens is 2. The molecular weight excluding hydrogens is 213 g/mol. The molecule has 3 N–H and O–H groups in total. The van der Waals surface area contributed by atoms with Crippen LogP contribution in [-0.2, 0) is 0 Å². The van der Waals surface area contributed by atoms with E-state index in [0.717, 1.165) is 0 Å². The predicted octanol–water partition coefficient (Wildman–Crippen LogP) is 0.469. The highest BCUT2D eigenvalue weighted by atomic mass is 19.1. The van der Waals surface area contributed by atoms with E-state index in [1.165, 1.54) is 13.3 Å². The number of aryl methyl sites for hydroxylation is 1. The lowest BCUT2D eigenvalue weighted by molar-refractivity contribution is 0.132. The molecule has 1 aromatic heterocycles. The van der Waals surface area contributed by atoms with Gasteiger partial charge in [-0.3, -0.25) is 0 Å². The van der Waals surface area contributed by atoms with Crippen molar-refractivity contribution in [2.24, 2.45) is 0 Å². The zero-order valence-corrected chi connectivity index (χ0v) is 9.37. The highest BCUT2D eigenvalue weighted by molar-refractivity contribution is 5.40. The van der Waals surface area contributed by atoms with Gasteiger partial charge in [-0.1, -0.05) is 6.92 Å². The van der Waals surface area contributed by atoms with Crippen LogP contribution in [0.4, 0.5) is 10.2 Å². The highest BCUT2D eigenvalue weighted by Gasteiger charge is 2.28. The number of hydrogen-bond donors (Lipinski definition) is 3. The summed E-state index contributed by atoms with van der Waals surface area (Å²) in [5, 5.41) is 21.1. The molecule has 1 aromatic rings. The van der Waals surface area contributed by atoms with E-state index in [1.54, 1.807) is 6.92 Å². The molecule has 0 aliphatic rings. The molecule has 6 heteroatoms. The van der Waals surface area contributed by atoms with Gasteiger partial charge in [0.25, 0.3) is 0 Å². The molecule has 0 unspecified atom stereocenters. The molecule has 90 valence electrons. The van der Waals surface area contributed by atoms with Crippen molar-refractivity contribution in [3.8, 4) is 0 Å². The second-order valence-corrected chi connectivity index (χ2v) is 3.70. The molecule has 16 heavy (non-hydrogen) atoms. The highest BCUT2D eigenvalue weighted by Crippen LogP contribution is 2.19. The van der Waals surface area contributed by atoms with Gasteiger partial charge in [-0.15, -0.1) is 0 Å². The van der Waals surface area contributed by atoms with Crippen LogP contribution < -0.4 is 5.32 Å². The topological polar surface area (TPSA) is 78.3 Å². The third kappa shape index (κ3) is 2.45. The lowest BCUT2D eigenvalue weighted by Crippen LogP contribution is -2.45. The van der Waals surface area contributed by atoms with E-state index in [9.17, 15) is 14.6 Å². The van der Waals surface area contributed by atoms with E-state index in [4.69, 9.17) is 0 Å². The fourth-order valence-corrected chi connectivity index (χ4v) is 1.24. The second-order valence-electron chi connectivity index (χ2n) is 3.70. The minimum atomic E-state index is -0.957. The van der Waals surface area contributed by atoms with Crippen molar-refractivity contribution in [3.63, 3.8) is 0 Å². The molecule has 1 heterocycles. The molecule has 0 saturated carbocycles. The standard InChI is InChI=1S/C10H16FN3O2/c1-3-10(4-15,5-16)14-9-8(11)7(2)12-6-13-9/h6,15-16H,3-5H2,1-2H3,(H,12,13,14). The van der Waals surface area contributed by atoms with E-state index >= 15 is 0 Å². The number of aliphatic hydroxyl groups is 2. The van der Waals surface area contributed by atoms with Crippen LogP contribution in [0.5, 0.6) is 0 Å². The first-order valence-electron chi connectivity index (χ1n) is 5.05. The Balaban J connectivity index is 2.98. The smallest absolute Gasteiger partial charge is 0.186 e. The molecule has 5 nitrogen and oxygen atoms in total. The molecule has 0 aliphatic heterocycles. The number of rotatable bonds is 5. The van der Waals surface area contributed by atoms with Gasteiger partial charge < -0.3 is 15.5 Å². The second kappa shape index (κ2) is 5.18. The lowest BCUT2D eigenvalue weighted by Gasteiger charge is -2.30. The monoisotopic (exact) mass is 229 g/mol. The van der Waals surface area contributed by atoms with E-state index in [0.29, 0.717) is 6.42 Å². The minimum absolute atomic E-state index is 0.00236. The predicted molar refractivity (Wildman–Crippen MR) is 57.5 cm³/mol. The molecule has 1 rings (SSSR count). The minimum Gasteiger partial charge on any atom is -0.394 e. The summed E-state index contributed by atoms with van der Waals surface area (Å²) in [6.07, 6.45) is 1.68. The van der Waals surface area contributed by atoms with Gasteiger partial charge in [-0.2, -0.15) is 0 Å². The SMILES string of the molecule is CCC(CO)(CO)Nc1ncnc(C)c1F. The molecular formula is C10H16FN3O2. The van der Waals surface area contributed by atoms with Gasteiger partial charge in [-0.25, -0.2) is 14.4 Å².